The molecule has 0 aromatic carbocycles. The summed E-state index contributed by atoms with van der Waals surface area (Å²) in [6.45, 7) is 1.77. The summed E-state index contributed by atoms with van der Waals surface area (Å²) in [5, 5.41) is 8.69. The van der Waals surface area contributed by atoms with Gasteiger partial charge >= 0.3 is 11.9 Å². The molecule has 0 unspecified atom stereocenters. The van der Waals surface area contributed by atoms with E-state index in [4.69, 9.17) is 5.11 Å². The molecule has 1 N–H and O–H groups in total. The maximum absolute atomic E-state index is 11.3. The number of rotatable bonds is 3. The van der Waals surface area contributed by atoms with Crippen LogP contribution in [0, 0.1) is 6.92 Å². The Labute approximate surface area is 87.3 Å². The summed E-state index contributed by atoms with van der Waals surface area (Å²) in [7, 11) is 2.94. The minimum atomic E-state index is -0.921. The molecule has 0 amide bonds. The number of aromatic nitrogens is 1. The summed E-state index contributed by atoms with van der Waals surface area (Å²) in [5.74, 6) is -1.38. The van der Waals surface area contributed by atoms with E-state index >= 15 is 0 Å². The SMILES string of the molecule is COC(=O)c1cc(C)c(CC(=O)O)n1C. The number of aliphatic carboxylic acids is 1. The first-order valence-corrected chi connectivity index (χ1v) is 4.42. The zero-order valence-electron chi connectivity index (χ0n) is 8.90. The number of nitrogens with zero attached hydrogens (tertiary/aromatic N) is 1. The third-order valence-corrected chi connectivity index (χ3v) is 2.29. The Hall–Kier alpha value is -1.78. The topological polar surface area (TPSA) is 68.5 Å². The van der Waals surface area contributed by atoms with Crippen LogP contribution >= 0.6 is 0 Å². The molecule has 1 aromatic heterocycles. The van der Waals surface area contributed by atoms with E-state index in [-0.39, 0.29) is 6.42 Å². The average Bonchev–Trinajstić information content (AvgIpc) is 2.44. The number of methoxy groups -OCH3 is 1. The van der Waals surface area contributed by atoms with Crippen molar-refractivity contribution in [3.05, 3.63) is 23.0 Å². The number of carboxylic acids is 1. The van der Waals surface area contributed by atoms with Crippen molar-refractivity contribution >= 4 is 11.9 Å². The molecule has 0 bridgehead atoms. The lowest BCUT2D eigenvalue weighted by atomic mass is 10.2. The Morgan fingerprint density at radius 3 is 2.60 bits per heavy atom. The molecule has 1 rings (SSSR count). The van der Waals surface area contributed by atoms with Gasteiger partial charge in [0.15, 0.2) is 0 Å². The van der Waals surface area contributed by atoms with Crippen molar-refractivity contribution in [2.75, 3.05) is 7.11 Å². The maximum Gasteiger partial charge on any atom is 0.354 e. The van der Waals surface area contributed by atoms with E-state index in [1.54, 1.807) is 24.6 Å². The highest BCUT2D eigenvalue weighted by Crippen LogP contribution is 2.15. The van der Waals surface area contributed by atoms with E-state index < -0.39 is 11.9 Å². The Morgan fingerprint density at radius 1 is 1.53 bits per heavy atom. The smallest absolute Gasteiger partial charge is 0.354 e. The summed E-state index contributed by atoms with van der Waals surface area (Å²) in [6, 6.07) is 1.63. The van der Waals surface area contributed by atoms with E-state index in [1.807, 2.05) is 0 Å². The normalized spacial score (nSPS) is 10.1. The minimum absolute atomic E-state index is 0.0979. The van der Waals surface area contributed by atoms with Crippen LogP contribution in [0.3, 0.4) is 0 Å². The molecular weight excluding hydrogens is 198 g/mol. The summed E-state index contributed by atoms with van der Waals surface area (Å²) in [5.41, 5.74) is 1.76. The molecule has 0 fully saturated rings. The molecule has 0 aliphatic carbocycles. The van der Waals surface area contributed by atoms with Gasteiger partial charge in [0.2, 0.25) is 0 Å². The third kappa shape index (κ3) is 2.18. The van der Waals surface area contributed by atoms with Crippen LogP contribution in [0.15, 0.2) is 6.07 Å². The van der Waals surface area contributed by atoms with Gasteiger partial charge in [-0.2, -0.15) is 0 Å². The fraction of sp³-hybridized carbons (Fsp3) is 0.400. The van der Waals surface area contributed by atoms with Crippen LogP contribution in [0.5, 0.6) is 0 Å². The molecule has 1 heterocycles. The number of hydrogen-bond donors (Lipinski definition) is 1. The molecule has 15 heavy (non-hydrogen) atoms. The number of esters is 1. The number of aryl methyl sites for hydroxylation is 1. The first-order valence-electron chi connectivity index (χ1n) is 4.42. The highest BCUT2D eigenvalue weighted by atomic mass is 16.5. The van der Waals surface area contributed by atoms with E-state index in [0.717, 1.165) is 5.56 Å². The molecule has 0 spiro atoms. The second kappa shape index (κ2) is 4.16. The van der Waals surface area contributed by atoms with E-state index in [2.05, 4.69) is 4.74 Å². The van der Waals surface area contributed by atoms with Gasteiger partial charge in [0.1, 0.15) is 5.69 Å². The highest BCUT2D eigenvalue weighted by Gasteiger charge is 2.17. The lowest BCUT2D eigenvalue weighted by Gasteiger charge is -2.04. The fourth-order valence-electron chi connectivity index (χ4n) is 1.50. The van der Waals surface area contributed by atoms with Gasteiger partial charge in [-0.15, -0.1) is 0 Å². The molecule has 0 aliphatic rings. The number of carbonyl (C=O) groups excluding carboxylic acids is 1. The maximum atomic E-state index is 11.3. The average molecular weight is 211 g/mol. The van der Waals surface area contributed by atoms with Gasteiger partial charge < -0.3 is 14.4 Å². The Morgan fingerprint density at radius 2 is 2.13 bits per heavy atom. The van der Waals surface area contributed by atoms with Gasteiger partial charge in [-0.3, -0.25) is 4.79 Å². The predicted molar refractivity (Wildman–Crippen MR) is 52.8 cm³/mol. The lowest BCUT2D eigenvalue weighted by Crippen LogP contribution is -2.12. The van der Waals surface area contributed by atoms with Gasteiger partial charge in [-0.05, 0) is 18.6 Å². The third-order valence-electron chi connectivity index (χ3n) is 2.29. The van der Waals surface area contributed by atoms with Crippen molar-refractivity contribution in [1.29, 1.82) is 0 Å². The number of hydrogen-bond acceptors (Lipinski definition) is 3. The predicted octanol–water partition coefficient (Wildman–Crippen LogP) is 0.747. The number of carbonyl (C=O) groups is 2. The molecule has 5 heteroatoms. The van der Waals surface area contributed by atoms with Crippen molar-refractivity contribution in [2.45, 2.75) is 13.3 Å². The summed E-state index contributed by atoms with van der Waals surface area (Å²) in [6.07, 6.45) is -0.0979. The van der Waals surface area contributed by atoms with Crippen molar-refractivity contribution in [3.63, 3.8) is 0 Å². The summed E-state index contributed by atoms with van der Waals surface area (Å²) >= 11 is 0. The molecule has 1 aromatic rings. The number of carboxylic acid groups (broad SMARTS) is 1. The standard InChI is InChI=1S/C10H13NO4/c1-6-4-8(10(14)15-3)11(2)7(6)5-9(12)13/h4H,5H2,1-3H3,(H,12,13). The zero-order valence-corrected chi connectivity index (χ0v) is 8.90. The lowest BCUT2D eigenvalue weighted by molar-refractivity contribution is -0.136. The summed E-state index contributed by atoms with van der Waals surface area (Å²) in [4.78, 5) is 21.9. The van der Waals surface area contributed by atoms with Gasteiger partial charge in [-0.1, -0.05) is 0 Å². The Balaban J connectivity index is 3.14. The van der Waals surface area contributed by atoms with Gasteiger partial charge in [0.25, 0.3) is 0 Å². The molecular formula is C10H13NO4. The first-order chi connectivity index (χ1) is 6.97. The molecule has 0 atom stereocenters. The van der Waals surface area contributed by atoms with Crippen LogP contribution in [-0.2, 0) is 23.0 Å². The van der Waals surface area contributed by atoms with Crippen LogP contribution in [-0.4, -0.2) is 28.7 Å². The van der Waals surface area contributed by atoms with Gasteiger partial charge in [0, 0.05) is 12.7 Å². The van der Waals surface area contributed by atoms with Crippen molar-refractivity contribution in [1.82, 2.24) is 4.57 Å². The second-order valence-corrected chi connectivity index (χ2v) is 3.28. The molecule has 82 valence electrons. The van der Waals surface area contributed by atoms with Crippen LogP contribution in [0.25, 0.3) is 0 Å². The molecule has 0 aliphatic heterocycles. The molecule has 0 radical (unpaired) electrons. The van der Waals surface area contributed by atoms with Crippen molar-refractivity contribution < 1.29 is 19.4 Å². The summed E-state index contributed by atoms with van der Waals surface area (Å²) < 4.78 is 6.13. The molecule has 5 nitrogen and oxygen atoms in total. The van der Waals surface area contributed by atoms with Crippen LogP contribution in [0.1, 0.15) is 21.7 Å². The van der Waals surface area contributed by atoms with E-state index in [9.17, 15) is 9.59 Å². The largest absolute Gasteiger partial charge is 0.481 e. The molecule has 0 saturated heterocycles. The van der Waals surface area contributed by atoms with Crippen LogP contribution in [0.4, 0.5) is 0 Å². The van der Waals surface area contributed by atoms with E-state index in [1.165, 1.54) is 7.11 Å². The second-order valence-electron chi connectivity index (χ2n) is 3.28. The number of ether oxygens (including phenoxy) is 1. The van der Waals surface area contributed by atoms with Crippen molar-refractivity contribution in [3.8, 4) is 0 Å². The highest BCUT2D eigenvalue weighted by molar-refractivity contribution is 5.88. The minimum Gasteiger partial charge on any atom is -0.481 e. The molecule has 0 saturated carbocycles. The van der Waals surface area contributed by atoms with E-state index in [0.29, 0.717) is 11.4 Å². The van der Waals surface area contributed by atoms with Crippen molar-refractivity contribution in [2.24, 2.45) is 7.05 Å². The monoisotopic (exact) mass is 211 g/mol. The van der Waals surface area contributed by atoms with Crippen LogP contribution < -0.4 is 0 Å². The van der Waals surface area contributed by atoms with Gasteiger partial charge in [-0.25, -0.2) is 4.79 Å². The quantitative estimate of drug-likeness (QED) is 0.749. The Kier molecular flexibility index (Phi) is 3.14. The Bertz CT molecular complexity index is 406. The zero-order chi connectivity index (χ0) is 11.6. The first kappa shape index (κ1) is 11.3. The fourth-order valence-corrected chi connectivity index (χ4v) is 1.50. The van der Waals surface area contributed by atoms with Crippen LogP contribution in [0.2, 0.25) is 0 Å². The van der Waals surface area contributed by atoms with Gasteiger partial charge in [0.05, 0.1) is 13.5 Å².